The second kappa shape index (κ2) is 12.1. The monoisotopic (exact) mass is 507 g/mol. The summed E-state index contributed by atoms with van der Waals surface area (Å²) in [5, 5.41) is 14.0. The van der Waals surface area contributed by atoms with Crippen molar-refractivity contribution in [1.82, 2.24) is 20.2 Å². The molecule has 0 unspecified atom stereocenters. The van der Waals surface area contributed by atoms with Gasteiger partial charge in [0.15, 0.2) is 22.5 Å². The maximum absolute atomic E-state index is 12.6. The van der Waals surface area contributed by atoms with Crippen molar-refractivity contribution in [3.05, 3.63) is 53.6 Å². The number of hydrazone groups is 1. The highest BCUT2D eigenvalue weighted by molar-refractivity contribution is 7.99. The lowest BCUT2D eigenvalue weighted by atomic mass is 9.95. The molecule has 36 heavy (non-hydrogen) atoms. The van der Waals surface area contributed by atoms with E-state index in [2.05, 4.69) is 56.5 Å². The number of benzene rings is 2. The third-order valence-electron chi connectivity index (χ3n) is 6.40. The van der Waals surface area contributed by atoms with Crippen molar-refractivity contribution in [3.63, 3.8) is 0 Å². The van der Waals surface area contributed by atoms with Gasteiger partial charge >= 0.3 is 0 Å². The fourth-order valence-corrected chi connectivity index (χ4v) is 5.18. The smallest absolute Gasteiger partial charge is 0.250 e. The average molecular weight is 508 g/mol. The van der Waals surface area contributed by atoms with Crippen molar-refractivity contribution in [2.24, 2.45) is 5.10 Å². The third kappa shape index (κ3) is 6.07. The van der Waals surface area contributed by atoms with Gasteiger partial charge in [0.05, 0.1) is 25.7 Å². The first-order chi connectivity index (χ1) is 17.5. The number of hydrogen-bond acceptors (Lipinski definition) is 7. The molecule has 190 valence electrons. The number of rotatable bonds is 9. The Kier molecular flexibility index (Phi) is 8.64. The highest BCUT2D eigenvalue weighted by Gasteiger charge is 2.24. The quantitative estimate of drug-likeness (QED) is 0.237. The maximum atomic E-state index is 12.6. The Hall–Kier alpha value is -3.33. The molecule has 0 aliphatic heterocycles. The van der Waals surface area contributed by atoms with Gasteiger partial charge in [-0.15, -0.1) is 10.2 Å². The molecular weight excluding hydrogens is 474 g/mol. The van der Waals surface area contributed by atoms with Gasteiger partial charge in [-0.25, -0.2) is 5.43 Å². The second-order valence-electron chi connectivity index (χ2n) is 8.92. The first-order valence-electron chi connectivity index (χ1n) is 12.2. The Morgan fingerprint density at radius 2 is 1.78 bits per heavy atom. The van der Waals surface area contributed by atoms with Crippen LogP contribution in [0.2, 0.25) is 0 Å². The zero-order valence-electron chi connectivity index (χ0n) is 21.3. The number of carbonyl (C=O) groups is 1. The predicted molar refractivity (Wildman–Crippen MR) is 143 cm³/mol. The highest BCUT2D eigenvalue weighted by Crippen LogP contribution is 2.35. The lowest BCUT2D eigenvalue weighted by Gasteiger charge is -2.25. The van der Waals surface area contributed by atoms with E-state index in [9.17, 15) is 4.79 Å². The molecule has 1 aliphatic carbocycles. The normalized spacial score (nSPS) is 14.5. The number of carbonyl (C=O) groups excluding carboxylic acids is 1. The van der Waals surface area contributed by atoms with Crippen LogP contribution in [0.5, 0.6) is 11.5 Å². The number of methoxy groups -OCH3 is 2. The predicted octanol–water partition coefficient (Wildman–Crippen LogP) is 5.41. The summed E-state index contributed by atoms with van der Waals surface area (Å²) in [6.07, 6.45) is 5.87. The molecule has 3 aromatic rings. The number of thioether (sulfide) groups is 1. The largest absolute Gasteiger partial charge is 0.493 e. The Morgan fingerprint density at radius 3 is 2.47 bits per heavy atom. The molecule has 0 bridgehead atoms. The van der Waals surface area contributed by atoms with Crippen LogP contribution in [0, 0.1) is 6.92 Å². The third-order valence-corrected chi connectivity index (χ3v) is 7.34. The molecule has 9 heteroatoms. The first-order valence-corrected chi connectivity index (χ1v) is 13.2. The summed E-state index contributed by atoms with van der Waals surface area (Å²) in [7, 11) is 3.18. The number of aromatic nitrogens is 3. The molecule has 1 N–H and O–H groups in total. The molecule has 0 saturated heterocycles. The number of amides is 1. The molecule has 0 spiro atoms. The van der Waals surface area contributed by atoms with Crippen LogP contribution in [0.15, 0.2) is 52.7 Å². The summed E-state index contributed by atoms with van der Waals surface area (Å²) in [4.78, 5) is 12.6. The lowest BCUT2D eigenvalue weighted by molar-refractivity contribution is -0.118. The van der Waals surface area contributed by atoms with Gasteiger partial charge in [-0.3, -0.25) is 9.36 Å². The summed E-state index contributed by atoms with van der Waals surface area (Å²) < 4.78 is 12.9. The maximum Gasteiger partial charge on any atom is 0.250 e. The van der Waals surface area contributed by atoms with Crippen molar-refractivity contribution in [1.29, 1.82) is 0 Å². The zero-order chi connectivity index (χ0) is 25.5. The number of nitrogens with one attached hydrogen (secondary N) is 1. The molecule has 2 aromatic carbocycles. The topological polar surface area (TPSA) is 90.6 Å². The van der Waals surface area contributed by atoms with Gasteiger partial charge in [0.1, 0.15) is 0 Å². The molecule has 4 rings (SSSR count). The van der Waals surface area contributed by atoms with E-state index in [1.54, 1.807) is 14.2 Å². The Morgan fingerprint density at radius 1 is 1.06 bits per heavy atom. The van der Waals surface area contributed by atoms with Crippen LogP contribution in [0.1, 0.15) is 56.2 Å². The molecule has 1 fully saturated rings. The molecular formula is C27H33N5O3S. The van der Waals surface area contributed by atoms with E-state index < -0.39 is 0 Å². The van der Waals surface area contributed by atoms with Crippen molar-refractivity contribution in [2.45, 2.75) is 57.1 Å². The fourth-order valence-electron chi connectivity index (χ4n) is 4.38. The van der Waals surface area contributed by atoms with E-state index >= 15 is 0 Å². The van der Waals surface area contributed by atoms with Crippen molar-refractivity contribution >= 4 is 23.4 Å². The average Bonchev–Trinajstić information content (AvgIpc) is 3.35. The molecule has 1 heterocycles. The van der Waals surface area contributed by atoms with Gasteiger partial charge in [-0.05, 0) is 44.9 Å². The van der Waals surface area contributed by atoms with Gasteiger partial charge in [0, 0.05) is 17.2 Å². The van der Waals surface area contributed by atoms with Crippen LogP contribution < -0.4 is 14.9 Å². The Labute approximate surface area is 216 Å². The number of hydrogen-bond donors (Lipinski definition) is 1. The summed E-state index contributed by atoms with van der Waals surface area (Å²) in [5.41, 5.74) is 6.41. The molecule has 1 aromatic heterocycles. The van der Waals surface area contributed by atoms with Crippen LogP contribution in [0.25, 0.3) is 11.4 Å². The van der Waals surface area contributed by atoms with Gasteiger partial charge < -0.3 is 9.47 Å². The number of aryl methyl sites for hydroxylation is 1. The van der Waals surface area contributed by atoms with Crippen LogP contribution >= 0.6 is 11.8 Å². The van der Waals surface area contributed by atoms with E-state index in [-0.39, 0.29) is 11.7 Å². The molecule has 0 atom stereocenters. The van der Waals surface area contributed by atoms with Crippen molar-refractivity contribution in [2.75, 3.05) is 20.0 Å². The van der Waals surface area contributed by atoms with Crippen molar-refractivity contribution in [3.8, 4) is 22.9 Å². The molecule has 1 aliphatic rings. The Balaban J connectivity index is 1.46. The zero-order valence-corrected chi connectivity index (χ0v) is 22.1. The molecule has 1 saturated carbocycles. The summed E-state index contributed by atoms with van der Waals surface area (Å²) >= 11 is 1.40. The van der Waals surface area contributed by atoms with E-state index in [1.807, 2.05) is 25.1 Å². The minimum Gasteiger partial charge on any atom is -0.493 e. The van der Waals surface area contributed by atoms with E-state index in [0.717, 1.165) is 34.9 Å². The lowest BCUT2D eigenvalue weighted by Crippen LogP contribution is -2.22. The highest BCUT2D eigenvalue weighted by atomic mass is 32.2. The minimum atomic E-state index is -0.199. The standard InChI is InChI=1S/C27H33N5O3S/c1-18-10-12-20(13-11-18)26-30-31-27(32(26)22-8-6-5-7-9-22)36-17-25(33)29-28-19(2)21-14-15-23(34-3)24(16-21)35-4/h10-16,22H,5-9,17H2,1-4H3,(H,29,33). The second-order valence-corrected chi connectivity index (χ2v) is 9.87. The van der Waals surface area contributed by atoms with Crippen LogP contribution in [-0.4, -0.2) is 46.4 Å². The number of nitrogens with zero attached hydrogens (tertiary/aromatic N) is 4. The van der Waals surface area contributed by atoms with Crippen LogP contribution in [0.3, 0.4) is 0 Å². The van der Waals surface area contributed by atoms with Crippen molar-refractivity contribution < 1.29 is 14.3 Å². The van der Waals surface area contributed by atoms with Gasteiger partial charge in [-0.1, -0.05) is 60.9 Å². The SMILES string of the molecule is COc1ccc(C(C)=NNC(=O)CSc2nnc(-c3ccc(C)cc3)n2C2CCCCC2)cc1OC. The van der Waals surface area contributed by atoms with E-state index in [4.69, 9.17) is 9.47 Å². The van der Waals surface area contributed by atoms with E-state index in [1.165, 1.54) is 36.6 Å². The molecule has 0 radical (unpaired) electrons. The number of ether oxygens (including phenoxy) is 2. The minimum absolute atomic E-state index is 0.196. The van der Waals surface area contributed by atoms with Gasteiger partial charge in [-0.2, -0.15) is 5.10 Å². The first kappa shape index (κ1) is 25.8. The van der Waals surface area contributed by atoms with Gasteiger partial charge in [0.2, 0.25) is 0 Å². The molecule has 8 nitrogen and oxygen atoms in total. The Bertz CT molecular complexity index is 1220. The van der Waals surface area contributed by atoms with Crippen LogP contribution in [0.4, 0.5) is 0 Å². The fraction of sp³-hybridized carbons (Fsp3) is 0.407. The summed E-state index contributed by atoms with van der Waals surface area (Å²) in [6.45, 7) is 3.91. The van der Waals surface area contributed by atoms with Gasteiger partial charge in [0.25, 0.3) is 5.91 Å². The van der Waals surface area contributed by atoms with Crippen LogP contribution in [-0.2, 0) is 4.79 Å². The summed E-state index contributed by atoms with van der Waals surface area (Å²) in [5.74, 6) is 2.11. The summed E-state index contributed by atoms with van der Waals surface area (Å²) in [6, 6.07) is 14.2. The van der Waals surface area contributed by atoms with E-state index in [0.29, 0.717) is 23.3 Å². The molecule has 1 amide bonds.